The highest BCUT2D eigenvalue weighted by Crippen LogP contribution is 2.17. The van der Waals surface area contributed by atoms with E-state index >= 15 is 0 Å². The van der Waals surface area contributed by atoms with Crippen LogP contribution in [0.15, 0.2) is 27.8 Å². The van der Waals surface area contributed by atoms with E-state index < -0.39 is 0 Å². The number of nitrogens with zero attached hydrogens (tertiary/aromatic N) is 1. The molecule has 4 nitrogen and oxygen atoms in total. The molecular formula is C16H27N3O. The zero-order valence-electron chi connectivity index (χ0n) is 12.7. The molecule has 1 aromatic heterocycles. The predicted octanol–water partition coefficient (Wildman–Crippen LogP) is 2.96. The molecule has 1 fully saturated rings. The fraction of sp³-hybridized carbons (Fsp3) is 0.688. The van der Waals surface area contributed by atoms with Crippen LogP contribution in [0.25, 0.3) is 0 Å². The smallest absolute Gasteiger partial charge is 0.191 e. The summed E-state index contributed by atoms with van der Waals surface area (Å²) < 4.78 is 5.35. The lowest BCUT2D eigenvalue weighted by atomic mass is 10.2. The van der Waals surface area contributed by atoms with Crippen molar-refractivity contribution in [2.75, 3.05) is 13.1 Å². The molecule has 0 saturated heterocycles. The van der Waals surface area contributed by atoms with Gasteiger partial charge in [0, 0.05) is 25.6 Å². The Bertz CT molecular complexity index is 392. The fourth-order valence-corrected chi connectivity index (χ4v) is 2.45. The second-order valence-electron chi connectivity index (χ2n) is 5.96. The standard InChI is InChI=1S/C16H27N3O/c1-13(2)12-18-16(19-14-6-3-4-7-14)17-10-9-15-8-5-11-20-15/h5,8,11,13-14H,3-4,6-7,9-10,12H2,1-2H3,(H2,17,18,19). The largest absolute Gasteiger partial charge is 0.469 e. The van der Waals surface area contributed by atoms with E-state index in [-0.39, 0.29) is 0 Å². The van der Waals surface area contributed by atoms with Crippen LogP contribution in [0.5, 0.6) is 0 Å². The van der Waals surface area contributed by atoms with Crippen molar-refractivity contribution in [3.63, 3.8) is 0 Å². The lowest BCUT2D eigenvalue weighted by Gasteiger charge is -2.17. The van der Waals surface area contributed by atoms with Gasteiger partial charge in [-0.05, 0) is 30.9 Å². The van der Waals surface area contributed by atoms with E-state index in [1.54, 1.807) is 6.26 Å². The van der Waals surface area contributed by atoms with Gasteiger partial charge in [0.25, 0.3) is 0 Å². The Hall–Kier alpha value is -1.45. The average Bonchev–Trinajstić information content (AvgIpc) is 3.08. The molecule has 0 amide bonds. The summed E-state index contributed by atoms with van der Waals surface area (Å²) >= 11 is 0. The first kappa shape index (κ1) is 14.9. The Morgan fingerprint density at radius 1 is 1.40 bits per heavy atom. The molecule has 1 aliphatic rings. The van der Waals surface area contributed by atoms with Crippen LogP contribution in [0.3, 0.4) is 0 Å². The minimum atomic E-state index is 0.585. The summed E-state index contributed by atoms with van der Waals surface area (Å²) in [7, 11) is 0. The van der Waals surface area contributed by atoms with Crippen molar-refractivity contribution in [3.05, 3.63) is 24.2 Å². The van der Waals surface area contributed by atoms with E-state index in [0.717, 1.165) is 31.2 Å². The molecule has 2 N–H and O–H groups in total. The van der Waals surface area contributed by atoms with Crippen molar-refractivity contribution >= 4 is 5.96 Å². The van der Waals surface area contributed by atoms with Crippen LogP contribution in [-0.2, 0) is 6.42 Å². The molecule has 4 heteroatoms. The van der Waals surface area contributed by atoms with Crippen molar-refractivity contribution in [3.8, 4) is 0 Å². The topological polar surface area (TPSA) is 49.6 Å². The van der Waals surface area contributed by atoms with Gasteiger partial charge in [-0.1, -0.05) is 26.7 Å². The average molecular weight is 277 g/mol. The van der Waals surface area contributed by atoms with Gasteiger partial charge >= 0.3 is 0 Å². The van der Waals surface area contributed by atoms with E-state index in [4.69, 9.17) is 4.42 Å². The summed E-state index contributed by atoms with van der Waals surface area (Å²) in [4.78, 5) is 4.67. The van der Waals surface area contributed by atoms with Crippen LogP contribution < -0.4 is 10.6 Å². The molecule has 1 aliphatic carbocycles. The van der Waals surface area contributed by atoms with Gasteiger partial charge in [0.15, 0.2) is 5.96 Å². The SMILES string of the molecule is CC(C)CN=C(NCCc1ccco1)NC1CCCC1. The Kier molecular flexibility index (Phi) is 5.96. The number of aliphatic imine (C=N–C) groups is 1. The van der Waals surface area contributed by atoms with E-state index in [1.165, 1.54) is 25.7 Å². The highest BCUT2D eigenvalue weighted by molar-refractivity contribution is 5.80. The molecule has 20 heavy (non-hydrogen) atoms. The third kappa shape index (κ3) is 5.27. The fourth-order valence-electron chi connectivity index (χ4n) is 2.45. The number of furan rings is 1. The molecule has 0 aliphatic heterocycles. The summed E-state index contributed by atoms with van der Waals surface area (Å²) in [5, 5.41) is 6.98. The van der Waals surface area contributed by atoms with Crippen LogP contribution in [0, 0.1) is 5.92 Å². The number of nitrogens with one attached hydrogen (secondary N) is 2. The molecule has 112 valence electrons. The zero-order chi connectivity index (χ0) is 14.2. The zero-order valence-corrected chi connectivity index (χ0v) is 12.7. The van der Waals surface area contributed by atoms with Crippen LogP contribution in [0.2, 0.25) is 0 Å². The van der Waals surface area contributed by atoms with Crippen molar-refractivity contribution in [1.29, 1.82) is 0 Å². The van der Waals surface area contributed by atoms with Gasteiger partial charge in [-0.25, -0.2) is 0 Å². The van der Waals surface area contributed by atoms with Crippen molar-refractivity contribution in [2.24, 2.45) is 10.9 Å². The molecule has 0 spiro atoms. The van der Waals surface area contributed by atoms with Gasteiger partial charge in [0.05, 0.1) is 6.26 Å². The number of rotatable bonds is 6. The molecule has 0 aromatic carbocycles. The van der Waals surface area contributed by atoms with Crippen LogP contribution in [0.4, 0.5) is 0 Å². The molecule has 1 saturated carbocycles. The normalized spacial score (nSPS) is 16.9. The highest BCUT2D eigenvalue weighted by atomic mass is 16.3. The maximum absolute atomic E-state index is 5.35. The second-order valence-corrected chi connectivity index (χ2v) is 5.96. The maximum atomic E-state index is 5.35. The maximum Gasteiger partial charge on any atom is 0.191 e. The Morgan fingerprint density at radius 2 is 2.20 bits per heavy atom. The molecule has 2 rings (SSSR count). The molecule has 0 unspecified atom stereocenters. The first-order chi connectivity index (χ1) is 9.74. The molecule has 0 radical (unpaired) electrons. The third-order valence-corrected chi connectivity index (χ3v) is 3.55. The minimum absolute atomic E-state index is 0.585. The number of guanidine groups is 1. The molecule has 1 heterocycles. The Balaban J connectivity index is 1.79. The van der Waals surface area contributed by atoms with Gasteiger partial charge in [0.1, 0.15) is 5.76 Å². The van der Waals surface area contributed by atoms with Gasteiger partial charge in [-0.3, -0.25) is 4.99 Å². The summed E-state index contributed by atoms with van der Waals surface area (Å²) in [5.74, 6) is 2.56. The molecule has 0 bridgehead atoms. The first-order valence-electron chi connectivity index (χ1n) is 7.81. The quantitative estimate of drug-likeness (QED) is 0.621. The van der Waals surface area contributed by atoms with E-state index in [1.807, 2.05) is 12.1 Å². The number of hydrogen-bond acceptors (Lipinski definition) is 2. The molecular weight excluding hydrogens is 250 g/mol. The lowest BCUT2D eigenvalue weighted by Crippen LogP contribution is -2.43. The minimum Gasteiger partial charge on any atom is -0.469 e. The highest BCUT2D eigenvalue weighted by Gasteiger charge is 2.16. The Labute approximate surface area is 122 Å². The summed E-state index contributed by atoms with van der Waals surface area (Å²) in [6, 6.07) is 4.54. The molecule has 0 atom stereocenters. The van der Waals surface area contributed by atoms with Crippen molar-refractivity contribution < 1.29 is 4.42 Å². The van der Waals surface area contributed by atoms with Gasteiger partial charge in [-0.15, -0.1) is 0 Å². The summed E-state index contributed by atoms with van der Waals surface area (Å²) in [6.45, 7) is 6.10. The van der Waals surface area contributed by atoms with Crippen LogP contribution in [0.1, 0.15) is 45.3 Å². The lowest BCUT2D eigenvalue weighted by molar-refractivity contribution is 0.505. The summed E-state index contributed by atoms with van der Waals surface area (Å²) in [6.07, 6.45) is 7.81. The number of hydrogen-bond donors (Lipinski definition) is 2. The van der Waals surface area contributed by atoms with E-state index in [2.05, 4.69) is 29.5 Å². The van der Waals surface area contributed by atoms with Crippen LogP contribution in [-0.4, -0.2) is 25.1 Å². The van der Waals surface area contributed by atoms with E-state index in [9.17, 15) is 0 Å². The van der Waals surface area contributed by atoms with E-state index in [0.29, 0.717) is 12.0 Å². The summed E-state index contributed by atoms with van der Waals surface area (Å²) in [5.41, 5.74) is 0. The van der Waals surface area contributed by atoms with Crippen LogP contribution >= 0.6 is 0 Å². The van der Waals surface area contributed by atoms with Crippen molar-refractivity contribution in [2.45, 2.75) is 52.0 Å². The predicted molar refractivity (Wildman–Crippen MR) is 82.9 cm³/mol. The monoisotopic (exact) mass is 277 g/mol. The van der Waals surface area contributed by atoms with Gasteiger partial charge in [-0.2, -0.15) is 0 Å². The molecule has 1 aromatic rings. The first-order valence-corrected chi connectivity index (χ1v) is 7.81. The van der Waals surface area contributed by atoms with Crippen molar-refractivity contribution in [1.82, 2.24) is 10.6 Å². The Morgan fingerprint density at radius 3 is 2.85 bits per heavy atom. The second kappa shape index (κ2) is 7.98. The van der Waals surface area contributed by atoms with Gasteiger partial charge in [0.2, 0.25) is 0 Å². The van der Waals surface area contributed by atoms with Gasteiger partial charge < -0.3 is 15.1 Å². The third-order valence-electron chi connectivity index (χ3n) is 3.55.